The van der Waals surface area contributed by atoms with E-state index >= 15 is 0 Å². The maximum absolute atomic E-state index is 14.2. The van der Waals surface area contributed by atoms with E-state index in [0.29, 0.717) is 18.0 Å². The Hall–Kier alpha value is -3.18. The van der Waals surface area contributed by atoms with Crippen LogP contribution < -0.4 is 15.4 Å². The highest BCUT2D eigenvalue weighted by atomic mass is 19.1. The molecule has 3 aromatic carbocycles. The second-order valence-electron chi connectivity index (χ2n) is 8.58. The number of para-hydroxylation sites is 1. The predicted molar refractivity (Wildman–Crippen MR) is 130 cm³/mol. The normalized spacial score (nSPS) is 14.1. The summed E-state index contributed by atoms with van der Waals surface area (Å²) in [7, 11) is 0. The van der Waals surface area contributed by atoms with Crippen molar-refractivity contribution in [2.75, 3.05) is 18.4 Å². The van der Waals surface area contributed by atoms with Crippen LogP contribution in [0.3, 0.4) is 0 Å². The number of hydrogen-bond donors (Lipinski definition) is 2. The fourth-order valence-corrected chi connectivity index (χ4v) is 4.22. The number of ether oxygens (including phenoxy) is 1. The van der Waals surface area contributed by atoms with E-state index in [1.54, 1.807) is 0 Å². The number of aryl methyl sites for hydroxylation is 1. The number of benzene rings is 3. The molecule has 1 amide bonds. The summed E-state index contributed by atoms with van der Waals surface area (Å²) in [4.78, 5) is 12.4. The lowest BCUT2D eigenvalue weighted by Crippen LogP contribution is -2.26. The van der Waals surface area contributed by atoms with Gasteiger partial charge in [0.05, 0.1) is 5.69 Å². The van der Waals surface area contributed by atoms with Gasteiger partial charge < -0.3 is 15.4 Å². The number of halogens is 1. The Labute approximate surface area is 195 Å². The molecule has 172 valence electrons. The molecule has 33 heavy (non-hydrogen) atoms. The Morgan fingerprint density at radius 1 is 0.939 bits per heavy atom. The average Bonchev–Trinajstić information content (AvgIpc) is 2.85. The minimum absolute atomic E-state index is 0.136. The summed E-state index contributed by atoms with van der Waals surface area (Å²) >= 11 is 0. The van der Waals surface area contributed by atoms with Crippen LogP contribution in [0.5, 0.6) is 11.5 Å². The molecule has 0 atom stereocenters. The standard InChI is InChI=1S/C28H31FN2O2/c29-26-15-12-23(22-16-18-30-19-17-22)20-27(26)31-28(32)9-5-4-6-21-10-13-25(14-11-21)33-24-7-2-1-3-8-24/h1-3,7-8,10-15,20,22,30H,4-6,9,16-19H2,(H,31,32). The summed E-state index contributed by atoms with van der Waals surface area (Å²) in [6.07, 6.45) is 5.00. The van der Waals surface area contributed by atoms with Gasteiger partial charge in [0.25, 0.3) is 0 Å². The van der Waals surface area contributed by atoms with Crippen molar-refractivity contribution in [1.29, 1.82) is 0 Å². The number of nitrogens with one attached hydrogen (secondary N) is 2. The van der Waals surface area contributed by atoms with Crippen LogP contribution in [0, 0.1) is 5.82 Å². The van der Waals surface area contributed by atoms with Crippen molar-refractivity contribution in [1.82, 2.24) is 5.32 Å². The molecule has 4 rings (SSSR count). The van der Waals surface area contributed by atoms with Crippen molar-refractivity contribution in [3.05, 3.63) is 89.7 Å². The molecular formula is C28H31FN2O2. The average molecular weight is 447 g/mol. The summed E-state index contributed by atoms with van der Waals surface area (Å²) in [5, 5.41) is 6.12. The van der Waals surface area contributed by atoms with Crippen LogP contribution in [0.25, 0.3) is 0 Å². The maximum Gasteiger partial charge on any atom is 0.224 e. The predicted octanol–water partition coefficient (Wildman–Crippen LogP) is 6.44. The molecular weight excluding hydrogens is 415 g/mol. The van der Waals surface area contributed by atoms with Crippen LogP contribution >= 0.6 is 0 Å². The van der Waals surface area contributed by atoms with Crippen LogP contribution in [-0.4, -0.2) is 19.0 Å². The molecule has 5 heteroatoms. The molecule has 4 nitrogen and oxygen atoms in total. The first-order valence-corrected chi connectivity index (χ1v) is 11.8. The highest BCUT2D eigenvalue weighted by molar-refractivity contribution is 5.90. The third kappa shape index (κ3) is 6.90. The van der Waals surface area contributed by atoms with Gasteiger partial charge in [-0.1, -0.05) is 36.4 Å². The molecule has 1 aliphatic rings. The molecule has 0 spiro atoms. The van der Waals surface area contributed by atoms with Gasteiger partial charge >= 0.3 is 0 Å². The molecule has 2 N–H and O–H groups in total. The molecule has 1 fully saturated rings. The monoisotopic (exact) mass is 446 g/mol. The Kier molecular flexibility index (Phi) is 8.09. The first-order valence-electron chi connectivity index (χ1n) is 11.8. The van der Waals surface area contributed by atoms with Gasteiger partial charge in [0, 0.05) is 6.42 Å². The zero-order chi connectivity index (χ0) is 22.9. The molecule has 0 aliphatic carbocycles. The molecule has 0 saturated carbocycles. The topological polar surface area (TPSA) is 50.4 Å². The maximum atomic E-state index is 14.2. The third-order valence-electron chi connectivity index (χ3n) is 6.10. The van der Waals surface area contributed by atoms with Gasteiger partial charge in [0.1, 0.15) is 17.3 Å². The summed E-state index contributed by atoms with van der Waals surface area (Å²) in [5.74, 6) is 1.53. The van der Waals surface area contributed by atoms with E-state index in [4.69, 9.17) is 4.74 Å². The highest BCUT2D eigenvalue weighted by Crippen LogP contribution is 2.28. The van der Waals surface area contributed by atoms with E-state index in [9.17, 15) is 9.18 Å². The first-order chi connectivity index (χ1) is 16.2. The summed E-state index contributed by atoms with van der Waals surface area (Å²) < 4.78 is 20.1. The molecule has 0 radical (unpaired) electrons. The SMILES string of the molecule is O=C(CCCCc1ccc(Oc2ccccc2)cc1)Nc1cc(C2CCNCC2)ccc1F. The summed E-state index contributed by atoms with van der Waals surface area (Å²) in [6, 6.07) is 22.9. The van der Waals surface area contributed by atoms with Crippen LogP contribution in [0.4, 0.5) is 10.1 Å². The minimum Gasteiger partial charge on any atom is -0.457 e. The zero-order valence-electron chi connectivity index (χ0n) is 18.9. The van der Waals surface area contributed by atoms with Gasteiger partial charge in [-0.2, -0.15) is 0 Å². The largest absolute Gasteiger partial charge is 0.457 e. The molecule has 1 heterocycles. The molecule has 0 aromatic heterocycles. The Balaban J connectivity index is 1.20. The summed E-state index contributed by atoms with van der Waals surface area (Å²) in [5.41, 5.74) is 2.61. The molecule has 1 saturated heterocycles. The van der Waals surface area contributed by atoms with Crippen molar-refractivity contribution < 1.29 is 13.9 Å². The lowest BCUT2D eigenvalue weighted by Gasteiger charge is -2.23. The fourth-order valence-electron chi connectivity index (χ4n) is 4.22. The number of unbranched alkanes of at least 4 members (excludes halogenated alkanes) is 1. The number of rotatable bonds is 9. The van der Waals surface area contributed by atoms with Gasteiger partial charge in [0.15, 0.2) is 0 Å². The number of carbonyl (C=O) groups is 1. The minimum atomic E-state index is -0.376. The lowest BCUT2D eigenvalue weighted by molar-refractivity contribution is -0.116. The number of piperidine rings is 1. The van der Waals surface area contributed by atoms with Crippen molar-refractivity contribution in [3.63, 3.8) is 0 Å². The van der Waals surface area contributed by atoms with Crippen LogP contribution in [0.1, 0.15) is 49.1 Å². The summed E-state index contributed by atoms with van der Waals surface area (Å²) in [6.45, 7) is 1.96. The lowest BCUT2D eigenvalue weighted by atomic mass is 9.90. The molecule has 0 bridgehead atoms. The number of anilines is 1. The van der Waals surface area contributed by atoms with E-state index in [1.165, 1.54) is 11.6 Å². The smallest absolute Gasteiger partial charge is 0.224 e. The van der Waals surface area contributed by atoms with E-state index in [1.807, 2.05) is 54.6 Å². The van der Waals surface area contributed by atoms with Crippen molar-refractivity contribution in [2.45, 2.75) is 44.4 Å². The number of amides is 1. The van der Waals surface area contributed by atoms with Gasteiger partial charge in [0.2, 0.25) is 5.91 Å². The quantitative estimate of drug-likeness (QED) is 0.372. The number of carbonyl (C=O) groups excluding carboxylic acids is 1. The van der Waals surface area contributed by atoms with Gasteiger partial charge in [-0.15, -0.1) is 0 Å². The Morgan fingerprint density at radius 3 is 2.42 bits per heavy atom. The third-order valence-corrected chi connectivity index (χ3v) is 6.10. The van der Waals surface area contributed by atoms with Crippen LogP contribution in [0.15, 0.2) is 72.8 Å². The molecule has 3 aromatic rings. The zero-order valence-corrected chi connectivity index (χ0v) is 18.9. The van der Waals surface area contributed by atoms with E-state index in [0.717, 1.165) is 62.3 Å². The van der Waals surface area contributed by atoms with Crippen molar-refractivity contribution in [2.24, 2.45) is 0 Å². The second-order valence-corrected chi connectivity index (χ2v) is 8.58. The van der Waals surface area contributed by atoms with Crippen molar-refractivity contribution in [3.8, 4) is 11.5 Å². The van der Waals surface area contributed by atoms with Crippen LogP contribution in [-0.2, 0) is 11.2 Å². The first kappa shape index (κ1) is 23.0. The fraction of sp³-hybridized carbons (Fsp3) is 0.321. The van der Waals surface area contributed by atoms with Gasteiger partial charge in [-0.05, 0) is 98.6 Å². The van der Waals surface area contributed by atoms with Crippen LogP contribution in [0.2, 0.25) is 0 Å². The number of hydrogen-bond acceptors (Lipinski definition) is 3. The molecule has 0 unspecified atom stereocenters. The van der Waals surface area contributed by atoms with Gasteiger partial charge in [-0.3, -0.25) is 4.79 Å². The highest BCUT2D eigenvalue weighted by Gasteiger charge is 2.17. The van der Waals surface area contributed by atoms with E-state index in [-0.39, 0.29) is 11.7 Å². The second kappa shape index (κ2) is 11.6. The van der Waals surface area contributed by atoms with E-state index < -0.39 is 0 Å². The van der Waals surface area contributed by atoms with Gasteiger partial charge in [-0.25, -0.2) is 4.39 Å². The Morgan fingerprint density at radius 2 is 1.67 bits per heavy atom. The Bertz CT molecular complexity index is 1030. The van der Waals surface area contributed by atoms with Crippen molar-refractivity contribution >= 4 is 11.6 Å². The molecule has 1 aliphatic heterocycles. The van der Waals surface area contributed by atoms with E-state index in [2.05, 4.69) is 22.8 Å².